The minimum absolute atomic E-state index is 0.00676. The van der Waals surface area contributed by atoms with Crippen molar-refractivity contribution in [2.45, 2.75) is 49.7 Å². The van der Waals surface area contributed by atoms with Gasteiger partial charge in [-0.3, -0.25) is 4.79 Å². The molecule has 22 heavy (non-hydrogen) atoms. The third kappa shape index (κ3) is 1.52. The van der Waals surface area contributed by atoms with E-state index < -0.39 is 54.1 Å². The largest absolute Gasteiger partial charge is 0.481 e. The Kier molecular flexibility index (Phi) is 2.64. The molecule has 1 saturated heterocycles. The molecule has 1 heterocycles. The lowest BCUT2D eigenvalue weighted by atomic mass is 9.56. The lowest BCUT2D eigenvalue weighted by molar-refractivity contribution is -0.253. The average Bonchev–Trinajstić information content (AvgIpc) is 2.89. The van der Waals surface area contributed by atoms with Gasteiger partial charge in [0.15, 0.2) is 0 Å². The summed E-state index contributed by atoms with van der Waals surface area (Å²) in [6.07, 6.45) is -0.107. The van der Waals surface area contributed by atoms with Crippen LogP contribution in [0.4, 0.5) is 17.6 Å². The second-order valence-electron chi connectivity index (χ2n) is 7.22. The van der Waals surface area contributed by atoms with Gasteiger partial charge in [0.1, 0.15) is 13.2 Å². The maximum atomic E-state index is 13.6. The molecule has 0 amide bonds. The first-order valence-corrected chi connectivity index (χ1v) is 7.35. The van der Waals surface area contributed by atoms with Crippen molar-refractivity contribution in [2.24, 2.45) is 16.7 Å². The summed E-state index contributed by atoms with van der Waals surface area (Å²) in [5, 5.41) is 9.49. The Labute approximate surface area is 123 Å². The summed E-state index contributed by atoms with van der Waals surface area (Å²) < 4.78 is 64.7. The Morgan fingerprint density at radius 2 is 1.59 bits per heavy atom. The molecule has 124 valence electrons. The highest BCUT2D eigenvalue weighted by Gasteiger charge is 2.77. The van der Waals surface area contributed by atoms with Crippen LogP contribution in [-0.4, -0.2) is 48.3 Å². The van der Waals surface area contributed by atoms with Crippen LogP contribution in [0, 0.1) is 16.7 Å². The van der Waals surface area contributed by atoms with E-state index in [2.05, 4.69) is 0 Å². The Morgan fingerprint density at radius 1 is 1.00 bits per heavy atom. The minimum atomic E-state index is -4.32. The number of alkyl halides is 4. The normalized spacial score (nSPS) is 51.2. The summed E-state index contributed by atoms with van der Waals surface area (Å²) in [5.41, 5.74) is -1.67. The van der Waals surface area contributed by atoms with Crippen molar-refractivity contribution in [1.29, 1.82) is 0 Å². The van der Waals surface area contributed by atoms with Crippen molar-refractivity contribution in [3.63, 3.8) is 0 Å². The number of ether oxygens (including phenoxy) is 2. The SMILES string of the molecule is O=C(O)C12CC3CC4OCC(F)(F)C(F)(F)COC(C1)C34C2. The first kappa shape index (κ1) is 14.7. The van der Waals surface area contributed by atoms with Crippen LogP contribution in [0.1, 0.15) is 25.7 Å². The van der Waals surface area contributed by atoms with Gasteiger partial charge in [-0.1, -0.05) is 0 Å². The zero-order valence-corrected chi connectivity index (χ0v) is 11.7. The molecule has 1 aliphatic heterocycles. The predicted molar refractivity (Wildman–Crippen MR) is 63.8 cm³/mol. The van der Waals surface area contributed by atoms with Gasteiger partial charge in [-0.15, -0.1) is 0 Å². The average molecular weight is 324 g/mol. The molecular weight excluding hydrogens is 308 g/mol. The minimum Gasteiger partial charge on any atom is -0.481 e. The van der Waals surface area contributed by atoms with Gasteiger partial charge >= 0.3 is 17.8 Å². The maximum Gasteiger partial charge on any atom is 0.335 e. The summed E-state index contributed by atoms with van der Waals surface area (Å²) in [5.74, 6) is -9.57. The van der Waals surface area contributed by atoms with Crippen LogP contribution in [0.2, 0.25) is 0 Å². The van der Waals surface area contributed by atoms with Crippen LogP contribution >= 0.6 is 0 Å². The summed E-state index contributed by atoms with van der Waals surface area (Å²) >= 11 is 0. The lowest BCUT2D eigenvalue weighted by Gasteiger charge is -2.55. The first-order chi connectivity index (χ1) is 10.1. The third-order valence-electron chi connectivity index (χ3n) is 6.24. The van der Waals surface area contributed by atoms with Gasteiger partial charge in [0.05, 0.1) is 17.6 Å². The molecule has 0 aromatic carbocycles. The van der Waals surface area contributed by atoms with Crippen molar-refractivity contribution in [1.82, 2.24) is 0 Å². The highest BCUT2D eigenvalue weighted by atomic mass is 19.3. The van der Waals surface area contributed by atoms with E-state index in [4.69, 9.17) is 9.47 Å². The zero-order valence-electron chi connectivity index (χ0n) is 11.7. The van der Waals surface area contributed by atoms with E-state index in [0.29, 0.717) is 12.8 Å². The fourth-order valence-electron chi connectivity index (χ4n) is 5.05. The quantitative estimate of drug-likeness (QED) is 0.752. The standard InChI is InChI=1S/C14H16F4O4/c15-13(16)5-21-8-1-7-2-11(10(19)20)3-9(12(7,8)4-11)22-6-14(13,17)18/h7-9H,1-6H2,(H,19,20). The number of aliphatic carboxylic acids is 1. The molecule has 0 aromatic rings. The van der Waals surface area contributed by atoms with Crippen LogP contribution in [0.15, 0.2) is 0 Å². The second-order valence-corrected chi connectivity index (χ2v) is 7.22. The molecule has 5 atom stereocenters. The molecule has 4 rings (SSSR count). The van der Waals surface area contributed by atoms with Crippen LogP contribution in [0.5, 0.6) is 0 Å². The third-order valence-corrected chi connectivity index (χ3v) is 6.24. The number of fused-ring (bicyclic) bond motifs is 1. The number of hydrogen-bond donors (Lipinski definition) is 1. The van der Waals surface area contributed by atoms with E-state index in [1.807, 2.05) is 0 Å². The van der Waals surface area contributed by atoms with E-state index in [-0.39, 0.29) is 18.8 Å². The van der Waals surface area contributed by atoms with Gasteiger partial charge in [0.2, 0.25) is 0 Å². The van der Waals surface area contributed by atoms with Gasteiger partial charge in [-0.25, -0.2) is 0 Å². The fourth-order valence-corrected chi connectivity index (χ4v) is 5.05. The number of carboxylic acids is 1. The molecule has 5 unspecified atom stereocenters. The molecular formula is C14H16F4O4. The van der Waals surface area contributed by atoms with Crippen LogP contribution in [0.25, 0.3) is 0 Å². The van der Waals surface area contributed by atoms with Crippen molar-refractivity contribution in [2.75, 3.05) is 13.2 Å². The van der Waals surface area contributed by atoms with Gasteiger partial charge in [-0.05, 0) is 31.6 Å². The number of carboxylic acid groups (broad SMARTS) is 1. The zero-order chi connectivity index (χ0) is 16.0. The van der Waals surface area contributed by atoms with E-state index in [1.165, 1.54) is 0 Å². The molecule has 8 heteroatoms. The number of carbonyl (C=O) groups is 1. The molecule has 3 saturated carbocycles. The van der Waals surface area contributed by atoms with Crippen molar-refractivity contribution in [3.05, 3.63) is 0 Å². The highest BCUT2D eigenvalue weighted by Crippen LogP contribution is 2.74. The Balaban J connectivity index is 1.68. The smallest absolute Gasteiger partial charge is 0.335 e. The molecule has 0 radical (unpaired) electrons. The van der Waals surface area contributed by atoms with Gasteiger partial charge < -0.3 is 14.6 Å². The summed E-state index contributed by atoms with van der Waals surface area (Å²) in [6, 6.07) is 0. The molecule has 4 fully saturated rings. The second kappa shape index (κ2) is 3.95. The molecule has 4 aliphatic rings. The molecule has 1 spiro atoms. The van der Waals surface area contributed by atoms with E-state index in [0.717, 1.165) is 0 Å². The van der Waals surface area contributed by atoms with E-state index >= 15 is 0 Å². The Hall–Kier alpha value is -0.890. The van der Waals surface area contributed by atoms with E-state index in [1.54, 1.807) is 0 Å². The number of halogens is 4. The molecule has 2 bridgehead atoms. The van der Waals surface area contributed by atoms with Crippen molar-refractivity contribution in [3.8, 4) is 0 Å². The summed E-state index contributed by atoms with van der Waals surface area (Å²) in [6.45, 7) is -2.75. The van der Waals surface area contributed by atoms with Crippen LogP contribution in [0.3, 0.4) is 0 Å². The van der Waals surface area contributed by atoms with Gasteiger partial charge in [0, 0.05) is 5.41 Å². The highest BCUT2D eigenvalue weighted by molar-refractivity contribution is 5.76. The Morgan fingerprint density at radius 3 is 2.18 bits per heavy atom. The van der Waals surface area contributed by atoms with Crippen LogP contribution < -0.4 is 0 Å². The first-order valence-electron chi connectivity index (χ1n) is 7.35. The molecule has 0 aromatic heterocycles. The van der Waals surface area contributed by atoms with Crippen molar-refractivity contribution < 1.29 is 36.9 Å². The molecule has 1 N–H and O–H groups in total. The lowest BCUT2D eigenvalue weighted by Crippen LogP contribution is -2.58. The van der Waals surface area contributed by atoms with Crippen molar-refractivity contribution >= 4 is 5.97 Å². The predicted octanol–water partition coefficient (Wildman–Crippen LogP) is 2.32. The van der Waals surface area contributed by atoms with Crippen LogP contribution in [-0.2, 0) is 14.3 Å². The fraction of sp³-hybridized carbons (Fsp3) is 0.929. The number of rotatable bonds is 1. The van der Waals surface area contributed by atoms with Gasteiger partial charge in [-0.2, -0.15) is 17.6 Å². The van der Waals surface area contributed by atoms with Gasteiger partial charge in [0.25, 0.3) is 0 Å². The molecule has 4 nitrogen and oxygen atoms in total. The molecule has 3 aliphatic carbocycles. The summed E-state index contributed by atoms with van der Waals surface area (Å²) in [4.78, 5) is 11.6. The monoisotopic (exact) mass is 324 g/mol. The van der Waals surface area contributed by atoms with E-state index in [9.17, 15) is 27.5 Å². The Bertz CT molecular complexity index is 539. The topological polar surface area (TPSA) is 55.8 Å². The summed E-state index contributed by atoms with van der Waals surface area (Å²) in [7, 11) is 0. The maximum absolute atomic E-state index is 13.6. The number of hydrogen-bond acceptors (Lipinski definition) is 3.